The number of pyridine rings is 3. The van der Waals surface area contributed by atoms with Gasteiger partial charge in [0.05, 0.1) is 16.9 Å². The van der Waals surface area contributed by atoms with Crippen molar-refractivity contribution < 1.29 is 4.39 Å². The van der Waals surface area contributed by atoms with Crippen molar-refractivity contribution in [2.24, 2.45) is 0 Å². The van der Waals surface area contributed by atoms with E-state index < -0.39 is 0 Å². The lowest BCUT2D eigenvalue weighted by atomic mass is 9.97. The molecular weight excluding hydrogens is 374 g/mol. The second-order valence-electron chi connectivity index (χ2n) is 6.60. The summed E-state index contributed by atoms with van der Waals surface area (Å²) >= 11 is 6.10. The van der Waals surface area contributed by atoms with Crippen LogP contribution >= 0.6 is 11.6 Å². The molecule has 0 radical (unpaired) electrons. The van der Waals surface area contributed by atoms with Gasteiger partial charge in [-0.1, -0.05) is 17.1 Å². The summed E-state index contributed by atoms with van der Waals surface area (Å²) in [6.45, 7) is 0. The molecule has 134 valence electrons. The van der Waals surface area contributed by atoms with E-state index in [1.807, 2.05) is 44.5 Å². The molecule has 4 nitrogen and oxygen atoms in total. The van der Waals surface area contributed by atoms with Gasteiger partial charge in [-0.25, -0.2) is 14.4 Å². The fourth-order valence-corrected chi connectivity index (χ4v) is 3.68. The van der Waals surface area contributed by atoms with E-state index in [1.165, 1.54) is 12.1 Å². The molecular formula is C21H13BClFN4. The molecule has 5 aromatic rings. The molecule has 0 aliphatic heterocycles. The molecule has 0 N–H and O–H groups in total. The van der Waals surface area contributed by atoms with Crippen LogP contribution in [-0.2, 0) is 0 Å². The first-order valence-corrected chi connectivity index (χ1v) is 9.13. The van der Waals surface area contributed by atoms with Crippen molar-refractivity contribution >= 4 is 46.8 Å². The average molecular weight is 387 g/mol. The van der Waals surface area contributed by atoms with Gasteiger partial charge in [0.15, 0.2) is 5.65 Å². The predicted octanol–water partition coefficient (Wildman–Crippen LogP) is 3.69. The highest BCUT2D eigenvalue weighted by Gasteiger charge is 2.15. The van der Waals surface area contributed by atoms with E-state index in [-0.39, 0.29) is 5.82 Å². The summed E-state index contributed by atoms with van der Waals surface area (Å²) in [4.78, 5) is 13.2. The van der Waals surface area contributed by atoms with Crippen LogP contribution < -0.4 is 5.46 Å². The fraction of sp³-hybridized carbons (Fsp3) is 0. The zero-order valence-corrected chi connectivity index (χ0v) is 15.7. The smallest absolute Gasteiger partial charge is 0.161 e. The Morgan fingerprint density at radius 1 is 1.04 bits per heavy atom. The number of benzene rings is 1. The van der Waals surface area contributed by atoms with E-state index in [2.05, 4.69) is 19.5 Å². The Morgan fingerprint density at radius 2 is 1.93 bits per heavy atom. The van der Waals surface area contributed by atoms with Gasteiger partial charge in [-0.2, -0.15) is 0 Å². The van der Waals surface area contributed by atoms with Crippen molar-refractivity contribution in [3.63, 3.8) is 0 Å². The van der Waals surface area contributed by atoms with Gasteiger partial charge in [-0.05, 0) is 42.5 Å². The third-order valence-corrected chi connectivity index (χ3v) is 5.07. The Balaban J connectivity index is 1.87. The number of halogens is 2. The molecule has 4 heterocycles. The molecule has 0 aliphatic rings. The van der Waals surface area contributed by atoms with E-state index >= 15 is 0 Å². The highest BCUT2D eigenvalue weighted by molar-refractivity contribution is 6.39. The fourth-order valence-electron chi connectivity index (χ4n) is 3.50. The normalized spacial score (nSPS) is 11.4. The Labute approximate surface area is 166 Å². The number of aromatic nitrogens is 4. The molecule has 0 spiro atoms. The largest absolute Gasteiger partial charge is 0.316 e. The van der Waals surface area contributed by atoms with Crippen LogP contribution in [0.2, 0.25) is 5.02 Å². The van der Waals surface area contributed by atoms with Crippen molar-refractivity contribution in [3.8, 4) is 16.9 Å². The third kappa shape index (κ3) is 2.65. The van der Waals surface area contributed by atoms with Crippen molar-refractivity contribution in [2.75, 3.05) is 0 Å². The SMILES string of the molecule is Bc1cn(-c2cc(-c3cc(Cl)ccc3F)nc3ncccc23)c2ccncc12. The van der Waals surface area contributed by atoms with E-state index in [9.17, 15) is 4.39 Å². The Kier molecular flexibility index (Phi) is 3.88. The molecule has 4 aromatic heterocycles. The molecule has 28 heavy (non-hydrogen) atoms. The van der Waals surface area contributed by atoms with Crippen molar-refractivity contribution in [1.29, 1.82) is 0 Å². The average Bonchev–Trinajstić information content (AvgIpc) is 3.06. The maximum absolute atomic E-state index is 14.5. The Hall–Kier alpha value is -3.25. The van der Waals surface area contributed by atoms with Gasteiger partial charge >= 0.3 is 0 Å². The lowest BCUT2D eigenvalue weighted by Crippen LogP contribution is -2.01. The molecule has 0 aliphatic carbocycles. The van der Waals surface area contributed by atoms with Gasteiger partial charge in [0.2, 0.25) is 0 Å². The summed E-state index contributed by atoms with van der Waals surface area (Å²) in [7, 11) is 2.04. The van der Waals surface area contributed by atoms with Gasteiger partial charge in [-0.15, -0.1) is 0 Å². The second kappa shape index (κ2) is 6.42. The van der Waals surface area contributed by atoms with E-state index in [1.54, 1.807) is 18.5 Å². The van der Waals surface area contributed by atoms with Crippen molar-refractivity contribution in [3.05, 3.63) is 78.1 Å². The van der Waals surface area contributed by atoms with Gasteiger partial charge in [-0.3, -0.25) is 4.98 Å². The van der Waals surface area contributed by atoms with Crippen LogP contribution in [0.4, 0.5) is 4.39 Å². The van der Waals surface area contributed by atoms with Gasteiger partial charge < -0.3 is 4.57 Å². The third-order valence-electron chi connectivity index (χ3n) is 4.83. The van der Waals surface area contributed by atoms with Gasteiger partial charge in [0.25, 0.3) is 0 Å². The zero-order valence-electron chi connectivity index (χ0n) is 14.9. The molecule has 5 rings (SSSR count). The maximum atomic E-state index is 14.5. The van der Waals surface area contributed by atoms with Crippen LogP contribution in [0.3, 0.4) is 0 Å². The number of rotatable bonds is 2. The van der Waals surface area contributed by atoms with Gasteiger partial charge in [0.1, 0.15) is 13.7 Å². The first-order valence-electron chi connectivity index (χ1n) is 8.75. The summed E-state index contributed by atoms with van der Waals surface area (Å²) in [5, 5.41) is 2.39. The number of hydrogen-bond acceptors (Lipinski definition) is 3. The molecule has 0 bridgehead atoms. The molecule has 0 saturated carbocycles. The standard InChI is InChI=1S/C21H13BClFN4/c22-16-11-28(19-5-7-25-10-15(16)19)20-9-18(14-8-12(23)3-4-17(14)24)27-21-13(20)2-1-6-26-21/h1-11H,22H2. The number of fused-ring (bicyclic) bond motifs is 2. The van der Waals surface area contributed by atoms with Gasteiger partial charge in [0, 0.05) is 46.1 Å². The predicted molar refractivity (Wildman–Crippen MR) is 113 cm³/mol. The van der Waals surface area contributed by atoms with Crippen LogP contribution in [0.15, 0.2) is 67.3 Å². The first kappa shape index (κ1) is 16.9. The molecule has 0 fully saturated rings. The van der Waals surface area contributed by atoms with E-state index in [0.29, 0.717) is 21.9 Å². The minimum absolute atomic E-state index is 0.344. The summed E-state index contributed by atoms with van der Waals surface area (Å²) < 4.78 is 16.6. The molecule has 0 saturated heterocycles. The maximum Gasteiger partial charge on any atom is 0.161 e. The van der Waals surface area contributed by atoms with Crippen LogP contribution in [0.25, 0.3) is 38.9 Å². The monoisotopic (exact) mass is 386 g/mol. The molecule has 0 unspecified atom stereocenters. The first-order chi connectivity index (χ1) is 13.6. The van der Waals surface area contributed by atoms with E-state index in [4.69, 9.17) is 11.6 Å². The van der Waals surface area contributed by atoms with E-state index in [0.717, 1.165) is 27.4 Å². The lowest BCUT2D eigenvalue weighted by Gasteiger charge is -2.12. The number of hydrogen-bond donors (Lipinski definition) is 0. The summed E-state index contributed by atoms with van der Waals surface area (Å²) in [6, 6.07) is 12.1. The lowest BCUT2D eigenvalue weighted by molar-refractivity contribution is 0.631. The Bertz CT molecular complexity index is 1370. The minimum Gasteiger partial charge on any atom is -0.316 e. The Morgan fingerprint density at radius 3 is 2.82 bits per heavy atom. The molecule has 0 atom stereocenters. The molecule has 0 amide bonds. The van der Waals surface area contributed by atoms with Crippen LogP contribution in [-0.4, -0.2) is 27.4 Å². The second-order valence-corrected chi connectivity index (χ2v) is 7.04. The molecule has 7 heteroatoms. The van der Waals surface area contributed by atoms with Crippen molar-refractivity contribution in [1.82, 2.24) is 19.5 Å². The van der Waals surface area contributed by atoms with Crippen LogP contribution in [0, 0.1) is 5.82 Å². The minimum atomic E-state index is -0.379. The van der Waals surface area contributed by atoms with Crippen LogP contribution in [0.5, 0.6) is 0 Å². The summed E-state index contributed by atoms with van der Waals surface area (Å²) in [5.74, 6) is -0.379. The topological polar surface area (TPSA) is 43.6 Å². The summed E-state index contributed by atoms with van der Waals surface area (Å²) in [5.41, 5.74) is 4.36. The van der Waals surface area contributed by atoms with Crippen LogP contribution in [0.1, 0.15) is 0 Å². The molecule has 1 aromatic carbocycles. The number of nitrogens with zero attached hydrogens (tertiary/aromatic N) is 4. The zero-order chi connectivity index (χ0) is 19.3. The highest BCUT2D eigenvalue weighted by atomic mass is 35.5. The quantitative estimate of drug-likeness (QED) is 0.435. The van der Waals surface area contributed by atoms with Crippen molar-refractivity contribution in [2.45, 2.75) is 0 Å². The summed E-state index contributed by atoms with van der Waals surface area (Å²) in [6.07, 6.45) is 7.34. The highest BCUT2D eigenvalue weighted by Crippen LogP contribution is 2.31.